The minimum Gasteiger partial charge on any atom is -0.348 e. The van der Waals surface area contributed by atoms with Crippen molar-refractivity contribution >= 4 is 15.9 Å². The predicted molar refractivity (Wildman–Crippen MR) is 110 cm³/mol. The van der Waals surface area contributed by atoms with Gasteiger partial charge in [-0.1, -0.05) is 57.0 Å². The van der Waals surface area contributed by atoms with E-state index in [0.29, 0.717) is 44.6 Å². The molecular formula is C21H34N3O3S+. The van der Waals surface area contributed by atoms with Crippen LogP contribution < -0.4 is 10.2 Å². The van der Waals surface area contributed by atoms with Gasteiger partial charge in [-0.2, -0.15) is 4.31 Å². The van der Waals surface area contributed by atoms with Gasteiger partial charge in [0, 0.05) is 6.04 Å². The monoisotopic (exact) mass is 408 g/mol. The van der Waals surface area contributed by atoms with Crippen LogP contribution in [0.25, 0.3) is 0 Å². The van der Waals surface area contributed by atoms with E-state index in [1.807, 2.05) is 30.3 Å². The Bertz CT molecular complexity index is 745. The molecule has 28 heavy (non-hydrogen) atoms. The Morgan fingerprint density at radius 1 is 1.14 bits per heavy atom. The zero-order valence-corrected chi connectivity index (χ0v) is 17.9. The lowest BCUT2D eigenvalue weighted by Gasteiger charge is -2.35. The number of benzene rings is 1. The Balaban J connectivity index is 1.45. The molecule has 156 valence electrons. The Morgan fingerprint density at radius 2 is 1.82 bits per heavy atom. The Morgan fingerprint density at radius 3 is 2.50 bits per heavy atom. The topological polar surface area (TPSA) is 70.9 Å². The van der Waals surface area contributed by atoms with E-state index in [1.54, 1.807) is 4.31 Å². The molecule has 1 aromatic rings. The molecule has 7 heteroatoms. The predicted octanol–water partition coefficient (Wildman–Crippen LogP) is 0.658. The normalized spacial score (nSPS) is 27.4. The highest BCUT2D eigenvalue weighted by molar-refractivity contribution is 7.88. The molecule has 1 saturated heterocycles. The summed E-state index contributed by atoms with van der Waals surface area (Å²) in [6.45, 7) is 7.25. The van der Waals surface area contributed by atoms with Gasteiger partial charge < -0.3 is 10.2 Å². The molecule has 1 saturated carbocycles. The molecule has 2 N–H and O–H groups in total. The zero-order chi connectivity index (χ0) is 20.1. The molecule has 1 heterocycles. The van der Waals surface area contributed by atoms with Crippen LogP contribution in [0.1, 0.15) is 38.7 Å². The quantitative estimate of drug-likeness (QED) is 0.726. The molecule has 0 aromatic heterocycles. The Hall–Kier alpha value is -1.44. The fraction of sp³-hybridized carbons (Fsp3) is 0.667. The lowest BCUT2D eigenvalue weighted by Crippen LogP contribution is -3.15. The summed E-state index contributed by atoms with van der Waals surface area (Å²) in [6, 6.07) is 9.58. The molecule has 0 spiro atoms. The molecule has 1 aromatic carbocycles. The van der Waals surface area contributed by atoms with Crippen LogP contribution in [0, 0.1) is 11.8 Å². The molecular weight excluding hydrogens is 374 g/mol. The number of carbonyl (C=O) groups is 1. The first-order valence-electron chi connectivity index (χ1n) is 10.5. The van der Waals surface area contributed by atoms with Crippen molar-refractivity contribution in [3.63, 3.8) is 0 Å². The van der Waals surface area contributed by atoms with Crippen LogP contribution in [0.5, 0.6) is 0 Å². The van der Waals surface area contributed by atoms with E-state index in [1.165, 1.54) is 17.7 Å². The number of rotatable bonds is 6. The largest absolute Gasteiger partial charge is 0.348 e. The summed E-state index contributed by atoms with van der Waals surface area (Å²) in [6.07, 6.45) is 3.50. The number of nitrogens with one attached hydrogen (secondary N) is 2. The second-order valence-electron chi connectivity index (χ2n) is 8.51. The zero-order valence-electron chi connectivity index (χ0n) is 17.1. The number of nitrogens with zero attached hydrogens (tertiary/aromatic N) is 1. The van der Waals surface area contributed by atoms with Crippen molar-refractivity contribution in [3.05, 3.63) is 35.9 Å². The summed E-state index contributed by atoms with van der Waals surface area (Å²) >= 11 is 0. The first kappa shape index (κ1) is 21.3. The maximum Gasteiger partial charge on any atom is 0.275 e. The summed E-state index contributed by atoms with van der Waals surface area (Å²) in [7, 11) is -3.30. The van der Waals surface area contributed by atoms with Gasteiger partial charge >= 0.3 is 0 Å². The van der Waals surface area contributed by atoms with Gasteiger partial charge in [-0.05, 0) is 23.8 Å². The van der Waals surface area contributed by atoms with E-state index in [4.69, 9.17) is 0 Å². The van der Waals surface area contributed by atoms with Gasteiger partial charge in [0.1, 0.15) is 0 Å². The third kappa shape index (κ3) is 5.55. The smallest absolute Gasteiger partial charge is 0.275 e. The number of amides is 1. The number of carbonyl (C=O) groups excluding carboxylic acids is 1. The van der Waals surface area contributed by atoms with Crippen LogP contribution in [0.4, 0.5) is 0 Å². The fourth-order valence-corrected chi connectivity index (χ4v) is 5.94. The average molecular weight is 409 g/mol. The molecule has 6 nitrogen and oxygen atoms in total. The van der Waals surface area contributed by atoms with E-state index in [0.717, 1.165) is 12.0 Å². The summed E-state index contributed by atoms with van der Waals surface area (Å²) < 4.78 is 26.9. The highest BCUT2D eigenvalue weighted by atomic mass is 32.2. The molecule has 1 amide bonds. The molecule has 1 aliphatic carbocycles. The Labute approximate surface area is 169 Å². The van der Waals surface area contributed by atoms with E-state index in [-0.39, 0.29) is 17.7 Å². The van der Waals surface area contributed by atoms with Gasteiger partial charge in [-0.25, -0.2) is 8.42 Å². The first-order valence-corrected chi connectivity index (χ1v) is 12.1. The first-order chi connectivity index (χ1) is 13.3. The molecule has 3 rings (SSSR count). The van der Waals surface area contributed by atoms with Gasteiger partial charge in [-0.15, -0.1) is 0 Å². The molecule has 2 aliphatic rings. The van der Waals surface area contributed by atoms with Crippen molar-refractivity contribution in [1.29, 1.82) is 0 Å². The summed E-state index contributed by atoms with van der Waals surface area (Å²) in [4.78, 5) is 13.7. The molecule has 0 unspecified atom stereocenters. The average Bonchev–Trinajstić information content (AvgIpc) is 2.66. The van der Waals surface area contributed by atoms with Crippen molar-refractivity contribution in [3.8, 4) is 0 Å². The van der Waals surface area contributed by atoms with Crippen LogP contribution in [0.2, 0.25) is 0 Å². The van der Waals surface area contributed by atoms with Crippen LogP contribution >= 0.6 is 0 Å². The summed E-state index contributed by atoms with van der Waals surface area (Å²) in [5.41, 5.74) is 0.812. The SMILES string of the molecule is C[C@@H]1[C@H](C)CCC[C@@H]1NC(=O)C[NH+]1CCN(S(=O)(=O)Cc2ccccc2)CC1. The maximum atomic E-state index is 12.7. The number of hydrogen-bond acceptors (Lipinski definition) is 3. The van der Waals surface area contributed by atoms with Crippen molar-refractivity contribution in [2.45, 2.75) is 44.9 Å². The lowest BCUT2D eigenvalue weighted by molar-refractivity contribution is -0.895. The van der Waals surface area contributed by atoms with Gasteiger partial charge in [0.05, 0.1) is 31.9 Å². The molecule has 0 radical (unpaired) electrons. The highest BCUT2D eigenvalue weighted by Crippen LogP contribution is 2.29. The standard InChI is InChI=1S/C21H33N3O3S/c1-17-7-6-10-20(18(17)2)22-21(25)15-23-11-13-24(14-12-23)28(26,27)16-19-8-4-3-5-9-19/h3-5,8-9,17-18,20H,6-7,10-16H2,1-2H3,(H,22,25)/p+1/t17-,18-,20+/m1/s1. The number of hydrogen-bond donors (Lipinski definition) is 2. The van der Waals surface area contributed by atoms with Gasteiger partial charge in [0.15, 0.2) is 6.54 Å². The van der Waals surface area contributed by atoms with Crippen molar-refractivity contribution < 1.29 is 18.1 Å². The molecule has 1 aliphatic heterocycles. The fourth-order valence-electron chi connectivity index (χ4n) is 4.40. The molecule has 2 fully saturated rings. The Kier molecular flexibility index (Phi) is 7.12. The summed E-state index contributed by atoms with van der Waals surface area (Å²) in [5, 5.41) is 3.23. The lowest BCUT2D eigenvalue weighted by atomic mass is 9.78. The van der Waals surface area contributed by atoms with Crippen molar-refractivity contribution in [2.75, 3.05) is 32.7 Å². The van der Waals surface area contributed by atoms with E-state index in [9.17, 15) is 13.2 Å². The van der Waals surface area contributed by atoms with Crippen LogP contribution in [-0.4, -0.2) is 57.4 Å². The second kappa shape index (κ2) is 9.37. The van der Waals surface area contributed by atoms with Gasteiger partial charge in [-0.3, -0.25) is 4.79 Å². The van der Waals surface area contributed by atoms with Crippen LogP contribution in [-0.2, 0) is 20.6 Å². The van der Waals surface area contributed by atoms with E-state index >= 15 is 0 Å². The third-order valence-corrected chi connectivity index (χ3v) is 8.33. The number of piperazine rings is 1. The maximum absolute atomic E-state index is 12.7. The minimum absolute atomic E-state index is 0.0431. The number of sulfonamides is 1. The number of quaternary nitrogens is 1. The summed E-state index contributed by atoms with van der Waals surface area (Å²) in [5.74, 6) is 1.32. The van der Waals surface area contributed by atoms with Gasteiger partial charge in [0.2, 0.25) is 10.0 Å². The van der Waals surface area contributed by atoms with E-state index < -0.39 is 10.0 Å². The second-order valence-corrected chi connectivity index (χ2v) is 10.5. The minimum atomic E-state index is -3.30. The van der Waals surface area contributed by atoms with E-state index in [2.05, 4.69) is 19.2 Å². The van der Waals surface area contributed by atoms with Crippen molar-refractivity contribution in [2.24, 2.45) is 11.8 Å². The molecule has 3 atom stereocenters. The van der Waals surface area contributed by atoms with Crippen LogP contribution in [0.3, 0.4) is 0 Å². The van der Waals surface area contributed by atoms with Gasteiger partial charge in [0.25, 0.3) is 5.91 Å². The van der Waals surface area contributed by atoms with Crippen molar-refractivity contribution in [1.82, 2.24) is 9.62 Å². The third-order valence-electron chi connectivity index (χ3n) is 6.48. The molecule has 0 bridgehead atoms. The van der Waals surface area contributed by atoms with Crippen LogP contribution in [0.15, 0.2) is 30.3 Å². The highest BCUT2D eigenvalue weighted by Gasteiger charge is 2.32.